The van der Waals surface area contributed by atoms with Gasteiger partial charge in [0.1, 0.15) is 0 Å². The highest BCUT2D eigenvalue weighted by molar-refractivity contribution is 5.88. The number of nitrogens with zero attached hydrogens (tertiary/aromatic N) is 3. The van der Waals surface area contributed by atoms with Crippen molar-refractivity contribution in [1.29, 1.82) is 0 Å². The van der Waals surface area contributed by atoms with Gasteiger partial charge in [0, 0.05) is 18.7 Å². The number of aromatic nitrogens is 2. The molecule has 2 heterocycles. The smallest absolute Gasteiger partial charge is 0.333 e. The van der Waals surface area contributed by atoms with Crippen molar-refractivity contribution in [2.24, 2.45) is 0 Å². The number of rotatable bonds is 2. The van der Waals surface area contributed by atoms with E-state index in [0.717, 1.165) is 0 Å². The first-order chi connectivity index (χ1) is 8.20. The van der Waals surface area contributed by atoms with Crippen molar-refractivity contribution in [1.82, 2.24) is 9.97 Å². The Hall–Kier alpha value is -2.11. The average Bonchev–Trinajstić information content (AvgIpc) is 2.39. The van der Waals surface area contributed by atoms with Crippen LogP contribution in [0, 0.1) is 0 Å². The summed E-state index contributed by atoms with van der Waals surface area (Å²) in [6, 6.07) is 0. The zero-order chi connectivity index (χ0) is 12.3. The minimum absolute atomic E-state index is 0.261. The molecular weight excluding hydrogens is 220 g/mol. The van der Waals surface area contributed by atoms with Crippen LogP contribution in [0.25, 0.3) is 0 Å². The fourth-order valence-electron chi connectivity index (χ4n) is 1.66. The predicted molar refractivity (Wildman–Crippen MR) is 63.4 cm³/mol. The van der Waals surface area contributed by atoms with Crippen molar-refractivity contribution in [2.45, 2.75) is 6.42 Å². The van der Waals surface area contributed by atoms with Gasteiger partial charge in [-0.3, -0.25) is 0 Å². The van der Waals surface area contributed by atoms with E-state index in [1.807, 2.05) is 11.0 Å². The van der Waals surface area contributed by atoms with E-state index in [9.17, 15) is 4.79 Å². The van der Waals surface area contributed by atoms with Crippen LogP contribution in [0.5, 0.6) is 0 Å². The normalized spacial score (nSPS) is 15.4. The molecule has 0 bridgehead atoms. The molecule has 0 aromatic carbocycles. The van der Waals surface area contributed by atoms with Crippen LogP contribution < -0.4 is 10.6 Å². The summed E-state index contributed by atoms with van der Waals surface area (Å²) in [7, 11) is 1.39. The molecule has 17 heavy (non-hydrogen) atoms. The van der Waals surface area contributed by atoms with Crippen molar-refractivity contribution in [3.63, 3.8) is 0 Å². The van der Waals surface area contributed by atoms with Gasteiger partial charge in [0.2, 0.25) is 5.95 Å². The first-order valence-corrected chi connectivity index (χ1v) is 5.30. The molecule has 90 valence electrons. The Morgan fingerprint density at radius 3 is 2.71 bits per heavy atom. The highest BCUT2D eigenvalue weighted by atomic mass is 16.5. The summed E-state index contributed by atoms with van der Waals surface area (Å²) in [6.07, 6.45) is 5.62. The van der Waals surface area contributed by atoms with E-state index in [0.29, 0.717) is 36.7 Å². The standard InChI is InChI=1S/C11H14N4O2/c1-17-10(16)8-2-4-15(5-3-8)11-13-6-9(12)7-14-11/h2,6-7H,3-5,12H2,1H3. The minimum atomic E-state index is -0.261. The average molecular weight is 234 g/mol. The molecule has 1 aliphatic rings. The second-order valence-corrected chi connectivity index (χ2v) is 3.73. The van der Waals surface area contributed by atoms with Crippen LogP contribution >= 0.6 is 0 Å². The van der Waals surface area contributed by atoms with E-state index < -0.39 is 0 Å². The Balaban J connectivity index is 2.06. The fourth-order valence-corrected chi connectivity index (χ4v) is 1.66. The van der Waals surface area contributed by atoms with Gasteiger partial charge in [-0.25, -0.2) is 14.8 Å². The van der Waals surface area contributed by atoms with E-state index in [4.69, 9.17) is 5.73 Å². The molecule has 2 N–H and O–H groups in total. The summed E-state index contributed by atoms with van der Waals surface area (Å²) in [5.74, 6) is 0.363. The minimum Gasteiger partial charge on any atom is -0.466 e. The molecule has 0 saturated heterocycles. The van der Waals surface area contributed by atoms with Gasteiger partial charge in [0.15, 0.2) is 0 Å². The summed E-state index contributed by atoms with van der Waals surface area (Å²) in [4.78, 5) is 21.5. The Morgan fingerprint density at radius 2 is 2.18 bits per heavy atom. The number of anilines is 2. The third-order valence-corrected chi connectivity index (χ3v) is 2.60. The van der Waals surface area contributed by atoms with E-state index in [2.05, 4.69) is 14.7 Å². The lowest BCUT2D eigenvalue weighted by molar-refractivity contribution is -0.136. The largest absolute Gasteiger partial charge is 0.466 e. The molecule has 0 saturated carbocycles. The van der Waals surface area contributed by atoms with Crippen molar-refractivity contribution in [2.75, 3.05) is 30.8 Å². The third kappa shape index (κ3) is 2.52. The number of nitrogens with two attached hydrogens (primary N) is 1. The van der Waals surface area contributed by atoms with E-state index in [-0.39, 0.29) is 5.97 Å². The molecule has 6 nitrogen and oxygen atoms in total. The maximum atomic E-state index is 11.3. The van der Waals surface area contributed by atoms with E-state index in [1.165, 1.54) is 7.11 Å². The molecule has 0 radical (unpaired) electrons. The Labute approximate surface area is 99.1 Å². The van der Waals surface area contributed by atoms with Crippen LogP contribution in [0.4, 0.5) is 11.6 Å². The van der Waals surface area contributed by atoms with Crippen molar-refractivity contribution < 1.29 is 9.53 Å². The summed E-state index contributed by atoms with van der Waals surface area (Å²) >= 11 is 0. The highest BCUT2D eigenvalue weighted by Crippen LogP contribution is 2.16. The summed E-state index contributed by atoms with van der Waals surface area (Å²) < 4.78 is 4.67. The number of carbonyl (C=O) groups excluding carboxylic acids is 1. The van der Waals surface area contributed by atoms with Gasteiger partial charge in [-0.2, -0.15) is 0 Å². The number of hydrogen-bond acceptors (Lipinski definition) is 6. The van der Waals surface area contributed by atoms with Crippen molar-refractivity contribution >= 4 is 17.6 Å². The second kappa shape index (κ2) is 4.82. The fraction of sp³-hybridized carbons (Fsp3) is 0.364. The zero-order valence-electron chi connectivity index (χ0n) is 9.59. The van der Waals surface area contributed by atoms with Gasteiger partial charge in [0.25, 0.3) is 0 Å². The Kier molecular flexibility index (Phi) is 3.22. The SMILES string of the molecule is COC(=O)C1=CCN(c2ncc(N)cn2)CC1. The molecule has 2 rings (SSSR count). The van der Waals surface area contributed by atoms with Crippen LogP contribution in [0.2, 0.25) is 0 Å². The van der Waals surface area contributed by atoms with Gasteiger partial charge >= 0.3 is 5.97 Å². The Morgan fingerprint density at radius 1 is 1.47 bits per heavy atom. The van der Waals surface area contributed by atoms with Gasteiger partial charge in [0.05, 0.1) is 25.2 Å². The molecule has 1 aromatic heterocycles. The number of nitrogen functional groups attached to an aromatic ring is 1. The van der Waals surface area contributed by atoms with Crippen LogP contribution in [0.15, 0.2) is 24.0 Å². The number of hydrogen-bond donors (Lipinski definition) is 1. The number of carbonyl (C=O) groups is 1. The third-order valence-electron chi connectivity index (χ3n) is 2.60. The number of ether oxygens (including phenoxy) is 1. The molecule has 6 heteroatoms. The summed E-state index contributed by atoms with van der Waals surface area (Å²) in [6.45, 7) is 1.30. The zero-order valence-corrected chi connectivity index (χ0v) is 9.59. The lowest BCUT2D eigenvalue weighted by Crippen LogP contribution is -2.31. The second-order valence-electron chi connectivity index (χ2n) is 3.73. The molecule has 1 aromatic rings. The van der Waals surface area contributed by atoms with Crippen LogP contribution in [-0.4, -0.2) is 36.1 Å². The van der Waals surface area contributed by atoms with Crippen molar-refractivity contribution in [3.8, 4) is 0 Å². The first kappa shape index (κ1) is 11.4. The van der Waals surface area contributed by atoms with E-state index >= 15 is 0 Å². The molecule has 0 aliphatic carbocycles. The Bertz CT molecular complexity index is 441. The quantitative estimate of drug-likeness (QED) is 0.744. The van der Waals surface area contributed by atoms with Crippen LogP contribution in [0.1, 0.15) is 6.42 Å². The van der Waals surface area contributed by atoms with E-state index in [1.54, 1.807) is 12.4 Å². The number of esters is 1. The monoisotopic (exact) mass is 234 g/mol. The molecule has 0 amide bonds. The maximum absolute atomic E-state index is 11.3. The summed E-state index contributed by atoms with van der Waals surface area (Å²) in [5, 5.41) is 0. The predicted octanol–water partition coefficient (Wildman–Crippen LogP) is 0.368. The first-order valence-electron chi connectivity index (χ1n) is 5.30. The molecule has 1 aliphatic heterocycles. The van der Waals surface area contributed by atoms with Gasteiger partial charge < -0.3 is 15.4 Å². The molecule has 0 fully saturated rings. The highest BCUT2D eigenvalue weighted by Gasteiger charge is 2.18. The topological polar surface area (TPSA) is 81.3 Å². The lowest BCUT2D eigenvalue weighted by Gasteiger charge is -2.25. The van der Waals surface area contributed by atoms with Crippen LogP contribution in [0.3, 0.4) is 0 Å². The molecule has 0 unspecified atom stereocenters. The molecule has 0 atom stereocenters. The van der Waals surface area contributed by atoms with Crippen LogP contribution in [-0.2, 0) is 9.53 Å². The summed E-state index contributed by atoms with van der Waals surface area (Å²) in [5.41, 5.74) is 6.77. The maximum Gasteiger partial charge on any atom is 0.333 e. The van der Waals surface area contributed by atoms with Crippen molar-refractivity contribution in [3.05, 3.63) is 24.0 Å². The van der Waals surface area contributed by atoms with Gasteiger partial charge in [-0.05, 0) is 6.42 Å². The lowest BCUT2D eigenvalue weighted by atomic mass is 10.1. The molecule has 0 spiro atoms. The number of methoxy groups -OCH3 is 1. The van der Waals surface area contributed by atoms with Gasteiger partial charge in [-0.15, -0.1) is 0 Å². The van der Waals surface area contributed by atoms with Gasteiger partial charge in [-0.1, -0.05) is 6.08 Å². The molecular formula is C11H14N4O2.